The summed E-state index contributed by atoms with van der Waals surface area (Å²) in [5.74, 6) is -1.37. The number of carboxylic acids is 1. The van der Waals surface area contributed by atoms with Crippen LogP contribution >= 0.6 is 0 Å². The summed E-state index contributed by atoms with van der Waals surface area (Å²) in [6.07, 6.45) is 1.54. The van der Waals surface area contributed by atoms with E-state index in [0.29, 0.717) is 12.1 Å². The van der Waals surface area contributed by atoms with E-state index >= 15 is 0 Å². The zero-order chi connectivity index (χ0) is 14.0. The van der Waals surface area contributed by atoms with Crippen molar-refractivity contribution in [1.29, 1.82) is 0 Å². The van der Waals surface area contributed by atoms with Gasteiger partial charge in [-0.2, -0.15) is 0 Å². The number of benzene rings is 1. The molecule has 0 saturated heterocycles. The summed E-state index contributed by atoms with van der Waals surface area (Å²) in [5, 5.41) is 8.92. The Bertz CT molecular complexity index is 743. The highest BCUT2D eigenvalue weighted by atomic mass is 16.4. The number of hydrogen-bond acceptors (Lipinski definition) is 3. The summed E-state index contributed by atoms with van der Waals surface area (Å²) >= 11 is 0. The molecule has 0 unspecified atom stereocenters. The quantitative estimate of drug-likeness (QED) is 0.853. The first kappa shape index (κ1) is 12.8. The molecule has 1 heterocycles. The van der Waals surface area contributed by atoms with Gasteiger partial charge in [-0.1, -0.05) is 25.1 Å². The summed E-state index contributed by atoms with van der Waals surface area (Å²) in [7, 11) is 0. The lowest BCUT2D eigenvalue weighted by Crippen LogP contribution is -2.37. The first-order valence-electron chi connectivity index (χ1n) is 5.72. The van der Waals surface area contributed by atoms with Crippen LogP contribution in [0, 0.1) is 0 Å². The molecule has 1 aromatic carbocycles. The average molecular weight is 260 g/mol. The second kappa shape index (κ2) is 4.93. The number of para-hydroxylation sites is 1. The lowest BCUT2D eigenvalue weighted by Gasteiger charge is -2.09. The van der Waals surface area contributed by atoms with Gasteiger partial charge in [-0.3, -0.25) is 4.79 Å². The Kier molecular flexibility index (Phi) is 3.33. The molecule has 0 aliphatic heterocycles. The van der Waals surface area contributed by atoms with E-state index in [-0.39, 0.29) is 0 Å². The lowest BCUT2D eigenvalue weighted by molar-refractivity contribution is 0.0694. The molecule has 2 N–H and O–H groups in total. The van der Waals surface area contributed by atoms with E-state index < -0.39 is 22.8 Å². The smallest absolute Gasteiger partial charge is 0.342 e. The minimum atomic E-state index is -1.37. The minimum Gasteiger partial charge on any atom is -0.477 e. The molecule has 2 rings (SSSR count). The van der Waals surface area contributed by atoms with Gasteiger partial charge >= 0.3 is 11.7 Å². The number of aromatic carboxylic acids is 1. The van der Waals surface area contributed by atoms with Gasteiger partial charge in [-0.05, 0) is 18.1 Å². The molecule has 0 bridgehead atoms. The maximum Gasteiger partial charge on any atom is 0.342 e. The average Bonchev–Trinajstić information content (AvgIpc) is 2.39. The largest absolute Gasteiger partial charge is 0.477 e. The summed E-state index contributed by atoms with van der Waals surface area (Å²) in [6.45, 7) is 1.89. The molecule has 0 atom stereocenters. The van der Waals surface area contributed by atoms with Gasteiger partial charge in [0.05, 0.1) is 5.69 Å². The first-order valence-corrected chi connectivity index (χ1v) is 5.72. The number of hydrogen-bond donors (Lipinski definition) is 2. The zero-order valence-corrected chi connectivity index (χ0v) is 10.2. The van der Waals surface area contributed by atoms with Crippen molar-refractivity contribution in [2.45, 2.75) is 13.3 Å². The summed E-state index contributed by atoms with van der Waals surface area (Å²) in [6, 6.07) is 6.88. The Morgan fingerprint density at radius 1 is 1.32 bits per heavy atom. The van der Waals surface area contributed by atoms with Gasteiger partial charge in [-0.15, -0.1) is 0 Å². The van der Waals surface area contributed by atoms with Gasteiger partial charge in [0.2, 0.25) is 0 Å². The van der Waals surface area contributed by atoms with Gasteiger partial charge in [0.1, 0.15) is 5.56 Å². The van der Waals surface area contributed by atoms with Crippen molar-refractivity contribution >= 4 is 5.97 Å². The molecule has 0 amide bonds. The van der Waals surface area contributed by atoms with Crippen LogP contribution in [0.2, 0.25) is 0 Å². The highest BCUT2D eigenvalue weighted by Gasteiger charge is 2.15. The molecule has 6 nitrogen and oxygen atoms in total. The molecule has 0 fully saturated rings. The number of rotatable bonds is 3. The van der Waals surface area contributed by atoms with Gasteiger partial charge in [0.15, 0.2) is 0 Å². The highest BCUT2D eigenvalue weighted by Crippen LogP contribution is 2.11. The van der Waals surface area contributed by atoms with Crippen LogP contribution in [-0.4, -0.2) is 20.6 Å². The van der Waals surface area contributed by atoms with E-state index in [1.54, 1.807) is 24.3 Å². The van der Waals surface area contributed by atoms with E-state index in [2.05, 4.69) is 4.98 Å². The number of nitrogens with zero attached hydrogens (tertiary/aromatic N) is 1. The van der Waals surface area contributed by atoms with Crippen molar-refractivity contribution in [2.24, 2.45) is 0 Å². The summed E-state index contributed by atoms with van der Waals surface area (Å²) in [5.41, 5.74) is -0.768. The fraction of sp³-hybridized carbons (Fsp3) is 0.154. The van der Waals surface area contributed by atoms with E-state index in [1.165, 1.54) is 0 Å². The van der Waals surface area contributed by atoms with Gasteiger partial charge in [-0.25, -0.2) is 14.2 Å². The number of carbonyl (C=O) groups is 1. The van der Waals surface area contributed by atoms with Crippen molar-refractivity contribution in [3.63, 3.8) is 0 Å². The van der Waals surface area contributed by atoms with Crippen molar-refractivity contribution in [1.82, 2.24) is 9.55 Å². The van der Waals surface area contributed by atoms with Gasteiger partial charge < -0.3 is 10.1 Å². The van der Waals surface area contributed by atoms with Crippen LogP contribution in [-0.2, 0) is 6.42 Å². The molecule has 0 aliphatic rings. The second-order valence-electron chi connectivity index (χ2n) is 3.94. The molecule has 0 aliphatic carbocycles. The maximum atomic E-state index is 12.1. The van der Waals surface area contributed by atoms with Crippen LogP contribution in [0.4, 0.5) is 0 Å². The molecule has 98 valence electrons. The van der Waals surface area contributed by atoms with E-state index in [1.807, 2.05) is 6.92 Å². The molecular formula is C13H12N2O4. The second-order valence-corrected chi connectivity index (χ2v) is 3.94. The minimum absolute atomic E-state index is 0.402. The molecule has 1 aromatic heterocycles. The van der Waals surface area contributed by atoms with Crippen LogP contribution in [0.5, 0.6) is 0 Å². The van der Waals surface area contributed by atoms with Crippen LogP contribution in [0.3, 0.4) is 0 Å². The Labute approximate surface area is 108 Å². The number of nitrogens with one attached hydrogen (secondary N) is 1. The standard InChI is InChI=1S/C13H12N2O4/c1-2-8-5-3-4-6-10(8)15-11(16)9(12(17)18)7-14-13(15)19/h3-7H,2H2,1H3,(H,14,19)(H,17,18). The molecule has 2 aromatic rings. The third kappa shape index (κ3) is 2.20. The Morgan fingerprint density at radius 2 is 2.00 bits per heavy atom. The van der Waals surface area contributed by atoms with Crippen LogP contribution < -0.4 is 11.2 Å². The zero-order valence-electron chi connectivity index (χ0n) is 10.2. The summed E-state index contributed by atoms with van der Waals surface area (Å²) < 4.78 is 0.849. The summed E-state index contributed by atoms with van der Waals surface area (Å²) in [4.78, 5) is 37.1. The Hall–Kier alpha value is -2.63. The van der Waals surface area contributed by atoms with Gasteiger partial charge in [0, 0.05) is 6.20 Å². The predicted molar refractivity (Wildman–Crippen MR) is 69.0 cm³/mol. The maximum absolute atomic E-state index is 12.1. The molecule has 0 saturated carbocycles. The van der Waals surface area contributed by atoms with E-state index in [0.717, 1.165) is 16.3 Å². The van der Waals surface area contributed by atoms with Crippen molar-refractivity contribution < 1.29 is 9.90 Å². The highest BCUT2D eigenvalue weighted by molar-refractivity contribution is 5.86. The van der Waals surface area contributed by atoms with Crippen LogP contribution in [0.15, 0.2) is 40.1 Å². The van der Waals surface area contributed by atoms with Gasteiger partial charge in [0.25, 0.3) is 5.56 Å². The third-order valence-corrected chi connectivity index (χ3v) is 2.82. The van der Waals surface area contributed by atoms with E-state index in [4.69, 9.17) is 5.11 Å². The first-order chi connectivity index (χ1) is 9.06. The fourth-order valence-corrected chi connectivity index (χ4v) is 1.87. The molecule has 19 heavy (non-hydrogen) atoms. The number of carboxylic acid groups (broad SMARTS) is 1. The number of H-pyrrole nitrogens is 1. The molecule has 6 heteroatoms. The Balaban J connectivity index is 2.83. The normalized spacial score (nSPS) is 10.4. The van der Waals surface area contributed by atoms with Crippen LogP contribution in [0.1, 0.15) is 22.8 Å². The number of aromatic nitrogens is 2. The molecular weight excluding hydrogens is 248 g/mol. The molecule has 0 spiro atoms. The van der Waals surface area contributed by atoms with Crippen molar-refractivity contribution in [3.05, 3.63) is 62.4 Å². The topological polar surface area (TPSA) is 92.2 Å². The SMILES string of the molecule is CCc1ccccc1-n1c(=O)[nH]cc(C(=O)O)c1=O. The van der Waals surface area contributed by atoms with Crippen molar-refractivity contribution in [3.8, 4) is 5.69 Å². The van der Waals surface area contributed by atoms with E-state index in [9.17, 15) is 14.4 Å². The monoisotopic (exact) mass is 260 g/mol. The van der Waals surface area contributed by atoms with Crippen LogP contribution in [0.25, 0.3) is 5.69 Å². The van der Waals surface area contributed by atoms with Crippen molar-refractivity contribution in [2.75, 3.05) is 0 Å². The number of aromatic amines is 1. The third-order valence-electron chi connectivity index (χ3n) is 2.82. The number of aryl methyl sites for hydroxylation is 1. The Morgan fingerprint density at radius 3 is 2.63 bits per heavy atom. The predicted octanol–water partition coefficient (Wildman–Crippen LogP) is 0.786. The lowest BCUT2D eigenvalue weighted by atomic mass is 10.1. The fourth-order valence-electron chi connectivity index (χ4n) is 1.87. The molecule has 0 radical (unpaired) electrons.